The SMILES string of the molecule is CCOC(=O)c1ccc(-c2ccc(OCC(C)NCC(O[Si](CC)(CC)CC)c3ccc(OCc4ccccc4)c(N(C)S(=O)[O-])c3)cc2)cc1. The lowest BCUT2D eigenvalue weighted by atomic mass is 10.0. The second kappa shape index (κ2) is 19.6. The van der Waals surface area contributed by atoms with E-state index in [4.69, 9.17) is 18.6 Å². The van der Waals surface area contributed by atoms with Crippen molar-refractivity contribution in [3.05, 3.63) is 114 Å². The third-order valence-electron chi connectivity index (χ3n) is 9.22. The molecule has 274 valence electrons. The van der Waals surface area contributed by atoms with Crippen molar-refractivity contribution in [2.75, 3.05) is 31.1 Å². The molecular weight excluding hydrogens is 681 g/mol. The van der Waals surface area contributed by atoms with Gasteiger partial charge in [0.1, 0.15) is 24.7 Å². The number of nitrogens with one attached hydrogen (secondary N) is 1. The maximum atomic E-state index is 12.1. The van der Waals surface area contributed by atoms with Gasteiger partial charge in [-0.3, -0.25) is 4.21 Å². The van der Waals surface area contributed by atoms with Crippen molar-refractivity contribution < 1.29 is 32.2 Å². The number of carbonyl (C=O) groups excluding carboxylic acids is 1. The highest BCUT2D eigenvalue weighted by Crippen LogP contribution is 2.36. The van der Waals surface area contributed by atoms with Crippen molar-refractivity contribution in [3.8, 4) is 22.6 Å². The zero-order valence-corrected chi connectivity index (χ0v) is 32.4. The molecule has 4 aromatic carbocycles. The van der Waals surface area contributed by atoms with Crippen LogP contribution >= 0.6 is 0 Å². The number of rotatable bonds is 20. The molecule has 3 unspecified atom stereocenters. The lowest BCUT2D eigenvalue weighted by molar-refractivity contribution is 0.0526. The minimum Gasteiger partial charge on any atom is -0.755 e. The van der Waals surface area contributed by atoms with Crippen LogP contribution in [0.4, 0.5) is 5.69 Å². The molecule has 0 fully saturated rings. The van der Waals surface area contributed by atoms with Gasteiger partial charge in [0, 0.05) is 30.9 Å². The predicted octanol–water partition coefficient (Wildman–Crippen LogP) is 8.46. The average molecular weight is 732 g/mol. The summed E-state index contributed by atoms with van der Waals surface area (Å²) in [6, 6.07) is 33.6. The van der Waals surface area contributed by atoms with Crippen LogP contribution in [0.3, 0.4) is 0 Å². The van der Waals surface area contributed by atoms with Crippen molar-refractivity contribution in [2.24, 2.45) is 0 Å². The van der Waals surface area contributed by atoms with Crippen LogP contribution in [0.2, 0.25) is 18.1 Å². The first-order valence-corrected chi connectivity index (χ1v) is 21.2. The van der Waals surface area contributed by atoms with E-state index >= 15 is 0 Å². The third kappa shape index (κ3) is 11.2. The molecular formula is C40H51N2O7SSi-. The molecule has 0 aliphatic carbocycles. The summed E-state index contributed by atoms with van der Waals surface area (Å²) in [5, 5.41) is 3.61. The Bertz CT molecular complexity index is 1680. The van der Waals surface area contributed by atoms with Gasteiger partial charge in [-0.2, -0.15) is 0 Å². The first-order chi connectivity index (χ1) is 24.6. The van der Waals surface area contributed by atoms with Gasteiger partial charge in [0.15, 0.2) is 8.32 Å². The number of anilines is 1. The summed E-state index contributed by atoms with van der Waals surface area (Å²) in [6.45, 7) is 12.1. The number of esters is 1. The molecule has 0 amide bonds. The van der Waals surface area contributed by atoms with Gasteiger partial charge in [0.2, 0.25) is 0 Å². The summed E-state index contributed by atoms with van der Waals surface area (Å²) in [4.78, 5) is 12.0. The molecule has 0 saturated carbocycles. The van der Waals surface area contributed by atoms with E-state index in [1.54, 1.807) is 19.1 Å². The molecule has 4 aromatic rings. The Balaban J connectivity index is 1.45. The molecule has 0 aliphatic heterocycles. The van der Waals surface area contributed by atoms with Crippen LogP contribution in [-0.2, 0) is 27.0 Å². The second-order valence-corrected chi connectivity index (χ2v) is 18.2. The molecule has 0 bridgehead atoms. The topological polar surface area (TPSA) is 109 Å². The quantitative estimate of drug-likeness (QED) is 0.0548. The standard InChI is InChI=1S/C40H52N2O7SSi/c1-7-46-40(43)34-18-16-32(17-19-34)33-20-23-36(24-21-33)47-28-30(5)41-27-39(49-51(8-2,9-3)10-4)35-22-25-38(37(26-35)42(6)50(44)45)48-29-31-14-12-11-13-15-31/h11-26,30,39,41H,7-10,27-29H2,1-6H3,(H,44,45)/p-1. The van der Waals surface area contributed by atoms with E-state index in [2.05, 4.69) is 33.0 Å². The average Bonchev–Trinajstić information content (AvgIpc) is 3.17. The van der Waals surface area contributed by atoms with Crippen molar-refractivity contribution in [2.45, 2.75) is 71.5 Å². The van der Waals surface area contributed by atoms with Crippen LogP contribution in [-0.4, -0.2) is 55.9 Å². The van der Waals surface area contributed by atoms with E-state index in [0.717, 1.165) is 46.1 Å². The summed E-state index contributed by atoms with van der Waals surface area (Å²) in [5.74, 6) is 0.904. The van der Waals surface area contributed by atoms with E-state index in [-0.39, 0.29) is 18.1 Å². The zero-order chi connectivity index (χ0) is 36.8. The molecule has 9 nitrogen and oxygen atoms in total. The first kappa shape index (κ1) is 39.8. The summed E-state index contributed by atoms with van der Waals surface area (Å²) in [5.41, 5.74) is 4.86. The minimum atomic E-state index is -2.49. The van der Waals surface area contributed by atoms with Gasteiger partial charge < -0.3 is 32.8 Å². The van der Waals surface area contributed by atoms with Gasteiger partial charge in [-0.1, -0.05) is 81.4 Å². The van der Waals surface area contributed by atoms with E-state index in [1.807, 2.05) is 84.9 Å². The molecule has 0 aliphatic rings. The van der Waals surface area contributed by atoms with Crippen LogP contribution < -0.4 is 19.1 Å². The number of hydrogen-bond acceptors (Lipinski definition) is 8. The molecule has 0 radical (unpaired) electrons. The number of hydrogen-bond donors (Lipinski definition) is 1. The van der Waals surface area contributed by atoms with Crippen LogP contribution in [0.15, 0.2) is 97.1 Å². The highest BCUT2D eigenvalue weighted by molar-refractivity contribution is 7.80. The molecule has 0 heterocycles. The van der Waals surface area contributed by atoms with E-state index in [0.29, 0.717) is 43.4 Å². The smallest absolute Gasteiger partial charge is 0.338 e. The van der Waals surface area contributed by atoms with E-state index in [1.165, 1.54) is 11.4 Å². The monoisotopic (exact) mass is 731 g/mol. The van der Waals surface area contributed by atoms with Crippen LogP contribution in [0, 0.1) is 0 Å². The van der Waals surface area contributed by atoms with Gasteiger partial charge in [0.05, 0.1) is 24.0 Å². The Labute approximate surface area is 306 Å². The molecule has 1 N–H and O–H groups in total. The maximum absolute atomic E-state index is 12.1. The van der Waals surface area contributed by atoms with Crippen LogP contribution in [0.5, 0.6) is 11.5 Å². The van der Waals surface area contributed by atoms with E-state index < -0.39 is 19.6 Å². The maximum Gasteiger partial charge on any atom is 0.338 e. The highest BCUT2D eigenvalue weighted by atomic mass is 32.2. The molecule has 51 heavy (non-hydrogen) atoms. The van der Waals surface area contributed by atoms with Crippen molar-refractivity contribution >= 4 is 31.2 Å². The molecule has 3 atom stereocenters. The summed E-state index contributed by atoms with van der Waals surface area (Å²) in [7, 11) is -0.536. The number of carbonyl (C=O) groups is 1. The fourth-order valence-electron chi connectivity index (χ4n) is 5.79. The van der Waals surface area contributed by atoms with Gasteiger partial charge in [-0.25, -0.2) is 4.79 Å². The molecule has 0 spiro atoms. The van der Waals surface area contributed by atoms with Gasteiger partial charge >= 0.3 is 5.97 Å². The fourth-order valence-corrected chi connectivity index (χ4v) is 8.92. The number of benzene rings is 4. The first-order valence-electron chi connectivity index (χ1n) is 17.7. The zero-order valence-electron chi connectivity index (χ0n) is 30.6. The molecule has 0 aromatic heterocycles. The third-order valence-corrected chi connectivity index (χ3v) is 14.5. The van der Waals surface area contributed by atoms with Crippen LogP contribution in [0.25, 0.3) is 11.1 Å². The summed E-state index contributed by atoms with van der Waals surface area (Å²) < 4.78 is 49.8. The lowest BCUT2D eigenvalue weighted by Gasteiger charge is -2.35. The van der Waals surface area contributed by atoms with Crippen molar-refractivity contribution in [1.29, 1.82) is 0 Å². The van der Waals surface area contributed by atoms with Gasteiger partial charge in [-0.15, -0.1) is 0 Å². The Morgan fingerprint density at radius 3 is 2.08 bits per heavy atom. The highest BCUT2D eigenvalue weighted by Gasteiger charge is 2.33. The van der Waals surface area contributed by atoms with Gasteiger partial charge in [0.25, 0.3) is 0 Å². The molecule has 4 rings (SSSR count). The largest absolute Gasteiger partial charge is 0.755 e. The Kier molecular flexibility index (Phi) is 15.3. The number of nitrogens with zero attached hydrogens (tertiary/aromatic N) is 1. The number of ether oxygens (including phenoxy) is 3. The molecule has 0 saturated heterocycles. The van der Waals surface area contributed by atoms with Gasteiger partial charge in [-0.05, 0) is 90.6 Å². The summed E-state index contributed by atoms with van der Waals surface area (Å²) >= 11 is -2.49. The van der Waals surface area contributed by atoms with E-state index in [9.17, 15) is 13.6 Å². The van der Waals surface area contributed by atoms with Crippen molar-refractivity contribution in [1.82, 2.24) is 5.32 Å². The van der Waals surface area contributed by atoms with Crippen LogP contribution in [0.1, 0.15) is 62.2 Å². The summed E-state index contributed by atoms with van der Waals surface area (Å²) in [6.07, 6.45) is -0.302. The normalized spacial score (nSPS) is 13.2. The lowest BCUT2D eigenvalue weighted by Crippen LogP contribution is -2.42. The Hall–Kier alpha value is -4.00. The minimum absolute atomic E-state index is 0.00286. The second-order valence-electron chi connectivity index (χ2n) is 12.5. The fraction of sp³-hybridized carbons (Fsp3) is 0.375. The predicted molar refractivity (Wildman–Crippen MR) is 206 cm³/mol. The Morgan fingerprint density at radius 1 is 0.863 bits per heavy atom. The van der Waals surface area contributed by atoms with Crippen molar-refractivity contribution in [3.63, 3.8) is 0 Å². The Morgan fingerprint density at radius 2 is 1.49 bits per heavy atom. The molecule has 11 heteroatoms.